The Labute approximate surface area is 506 Å². The van der Waals surface area contributed by atoms with E-state index in [1.54, 1.807) is 0 Å². The van der Waals surface area contributed by atoms with Gasteiger partial charge in [0.05, 0.1) is 49.3 Å². The van der Waals surface area contributed by atoms with Gasteiger partial charge in [0.15, 0.2) is 31.5 Å². The van der Waals surface area contributed by atoms with Crippen LogP contribution in [-0.4, -0.2) is 247 Å². The molecule has 0 radical (unpaired) electrons. The van der Waals surface area contributed by atoms with E-state index in [9.17, 15) is 74.2 Å². The molecule has 26 nitrogen and oxygen atoms in total. The van der Waals surface area contributed by atoms with Crippen LogP contribution in [0.25, 0.3) is 0 Å². The number of allylic oxidation sites excluding steroid dienone is 4. The smallest absolute Gasteiger partial charge is 0.726 e. The summed E-state index contributed by atoms with van der Waals surface area (Å²) >= 11 is 0. The molecule has 9 aliphatic rings. The van der Waals surface area contributed by atoms with Crippen LogP contribution >= 0.6 is 0 Å². The van der Waals surface area contributed by atoms with Crippen LogP contribution in [0.2, 0.25) is 0 Å². The van der Waals surface area contributed by atoms with Gasteiger partial charge in [0.25, 0.3) is 0 Å². The SMILES string of the molecule is CC(C)=CCC[C@](C)(O)[C@H]1CCC2C3C[C@H](OC4OC(C)C(O)C(OC5OCC(OC6OCC(O)C(O)C6OC6OC(C)C(O)C(O)C6O)C(O)C5OC5OC(C)C(O)C(O)C5O)C4O)C4C[C@@H](OS(=O)(=O)[O-])CC[C@]4(C)C3=CC[C@@]21C.[Na+]. The van der Waals surface area contributed by atoms with Crippen LogP contribution in [0.15, 0.2) is 23.3 Å². The molecule has 3 saturated carbocycles. The van der Waals surface area contributed by atoms with Crippen LogP contribution in [0.5, 0.6) is 0 Å². The summed E-state index contributed by atoms with van der Waals surface area (Å²) in [7, 11) is -5.10. The van der Waals surface area contributed by atoms with Crippen molar-refractivity contribution in [3.05, 3.63) is 23.3 Å². The van der Waals surface area contributed by atoms with Gasteiger partial charge < -0.3 is 113 Å². The zero-order valence-corrected chi connectivity index (χ0v) is 51.5. The second kappa shape index (κ2) is 26.7. The molecule has 12 N–H and O–H groups in total. The summed E-state index contributed by atoms with van der Waals surface area (Å²) in [5, 5.41) is 134. The Morgan fingerprint density at radius 1 is 0.651 bits per heavy atom. The first-order valence-electron chi connectivity index (χ1n) is 29.0. The molecule has 0 aromatic rings. The summed E-state index contributed by atoms with van der Waals surface area (Å²) in [6.07, 6.45) is -30.1. The molecule has 28 heteroatoms. The Bertz CT molecular complexity index is 2350. The zero-order valence-electron chi connectivity index (χ0n) is 48.7. The number of rotatable bonds is 16. The van der Waals surface area contributed by atoms with Crippen molar-refractivity contribution in [2.24, 2.45) is 34.5 Å². The first kappa shape index (κ1) is 68.4. The zero-order chi connectivity index (χ0) is 59.9. The minimum absolute atomic E-state index is 0. The normalized spacial score (nSPS) is 51.0. The topological polar surface area (TPSA) is 401 Å². The van der Waals surface area contributed by atoms with E-state index < -0.39 is 194 Å². The summed E-state index contributed by atoms with van der Waals surface area (Å²) in [6.45, 7) is 13.5. The minimum Gasteiger partial charge on any atom is -0.726 e. The molecule has 5 aliphatic heterocycles. The van der Waals surface area contributed by atoms with Gasteiger partial charge in [0.1, 0.15) is 91.6 Å². The van der Waals surface area contributed by atoms with E-state index in [-0.39, 0.29) is 65.6 Å². The summed E-state index contributed by atoms with van der Waals surface area (Å²) < 4.78 is 102. The van der Waals surface area contributed by atoms with E-state index in [1.807, 2.05) is 20.8 Å². The van der Waals surface area contributed by atoms with Gasteiger partial charge in [0.2, 0.25) is 10.4 Å². The van der Waals surface area contributed by atoms with Crippen LogP contribution in [0, 0.1) is 34.5 Å². The predicted molar refractivity (Wildman–Crippen MR) is 277 cm³/mol. The van der Waals surface area contributed by atoms with Crippen molar-refractivity contribution in [2.45, 2.75) is 272 Å². The van der Waals surface area contributed by atoms with Crippen molar-refractivity contribution in [3.8, 4) is 0 Å². The first-order chi connectivity index (χ1) is 38.3. The molecule has 5 heterocycles. The van der Waals surface area contributed by atoms with E-state index >= 15 is 0 Å². The second-order valence-electron chi connectivity index (χ2n) is 25.7. The molecular formula is C55H89NaO26S. The maximum absolute atomic E-state index is 12.4. The minimum atomic E-state index is -5.10. The molecule has 0 aromatic carbocycles. The standard InChI is InChI=1S/C55H90O26S.Na/c1-22(2)10-9-15-55(8,67)34-12-11-28-27-19-32(30-18-26(81-82(68,69)70)13-16-53(30,6)29(27)14-17-54(28,34)7)76-50-44(66)45(37(59)25(5)75-50)78-52-47(80-49-43(65)41(63)36(58)24(4)74-49)39(61)33(21-72-52)77-51-46(38(60)31(56)20-71-51)79-48-42(64)40(62)35(57)23(3)73-48;/h10,14,23-28,30-52,56-67H,9,11-13,15-21H2,1-8H3,(H,68,69,70);/q;+1/p-1/t23?,24?,25?,26-,27?,28?,30?,31?,32-,33?,34-,35?,36?,37?,38?,39?,40?,41?,42?,43?,44?,45?,46?,47?,48?,49?,50?,51?,52?,53+,54-,55-;/m0./s1. The fourth-order valence-electron chi connectivity index (χ4n) is 15.3. The van der Waals surface area contributed by atoms with Gasteiger partial charge in [-0.25, -0.2) is 8.42 Å². The molecule has 0 spiro atoms. The molecule has 83 heavy (non-hydrogen) atoms. The Kier molecular flexibility index (Phi) is 22.0. The summed E-state index contributed by atoms with van der Waals surface area (Å²) in [5.41, 5.74) is 0.501. The third-order valence-corrected chi connectivity index (χ3v) is 20.4. The molecule has 4 aliphatic carbocycles. The van der Waals surface area contributed by atoms with Crippen molar-refractivity contribution in [1.82, 2.24) is 0 Å². The van der Waals surface area contributed by atoms with Gasteiger partial charge in [-0.3, -0.25) is 4.18 Å². The fraction of sp³-hybridized carbons (Fsp3) is 0.927. The Morgan fingerprint density at radius 2 is 1.18 bits per heavy atom. The molecule has 0 amide bonds. The largest absolute Gasteiger partial charge is 1.00 e. The quantitative estimate of drug-likeness (QED) is 0.0299. The number of aliphatic hydroxyl groups is 12. The van der Waals surface area contributed by atoms with Gasteiger partial charge in [0, 0.05) is 0 Å². The molecule has 0 aromatic heterocycles. The van der Waals surface area contributed by atoms with Gasteiger partial charge >= 0.3 is 29.6 Å². The summed E-state index contributed by atoms with van der Waals surface area (Å²) in [4.78, 5) is 0. The average molecular weight is 1220 g/mol. The van der Waals surface area contributed by atoms with Crippen molar-refractivity contribution in [1.29, 1.82) is 0 Å². The van der Waals surface area contributed by atoms with Crippen LogP contribution in [0.3, 0.4) is 0 Å². The molecule has 8 fully saturated rings. The van der Waals surface area contributed by atoms with Crippen LogP contribution in [-0.2, 0) is 62.0 Å². The molecule has 5 saturated heterocycles. The van der Waals surface area contributed by atoms with Crippen molar-refractivity contribution >= 4 is 10.4 Å². The molecule has 472 valence electrons. The molecule has 32 atom stereocenters. The third kappa shape index (κ3) is 13.9. The van der Waals surface area contributed by atoms with Gasteiger partial charge in [-0.2, -0.15) is 0 Å². The molecule has 26 unspecified atom stereocenters. The van der Waals surface area contributed by atoms with Crippen LogP contribution in [0.4, 0.5) is 0 Å². The maximum atomic E-state index is 12.4. The Morgan fingerprint density at radius 3 is 1.77 bits per heavy atom. The number of hydrogen-bond donors (Lipinski definition) is 12. The maximum Gasteiger partial charge on any atom is 1.00 e. The molecular weight excluding hydrogens is 1130 g/mol. The van der Waals surface area contributed by atoms with E-state index in [1.165, 1.54) is 31.9 Å². The monoisotopic (exact) mass is 1220 g/mol. The van der Waals surface area contributed by atoms with Gasteiger partial charge in [-0.15, -0.1) is 0 Å². The van der Waals surface area contributed by atoms with Crippen molar-refractivity contribution < 1.29 is 155 Å². The average Bonchev–Trinajstić information content (AvgIpc) is 2.01. The molecule has 0 bridgehead atoms. The number of ether oxygens (including phenoxy) is 10. The van der Waals surface area contributed by atoms with Crippen LogP contribution in [0.1, 0.15) is 113 Å². The van der Waals surface area contributed by atoms with Gasteiger partial charge in [-0.1, -0.05) is 37.1 Å². The number of hydrogen-bond acceptors (Lipinski definition) is 26. The number of fused-ring (bicyclic) bond motifs is 5. The summed E-state index contributed by atoms with van der Waals surface area (Å²) in [5.74, 6) is -0.474. The number of aliphatic hydroxyl groups excluding tert-OH is 11. The van der Waals surface area contributed by atoms with E-state index in [0.717, 1.165) is 19.3 Å². The second-order valence-corrected chi connectivity index (χ2v) is 26.7. The van der Waals surface area contributed by atoms with E-state index in [0.29, 0.717) is 25.7 Å². The molecule has 9 rings (SSSR count). The fourth-order valence-corrected chi connectivity index (χ4v) is 15.8. The first-order valence-corrected chi connectivity index (χ1v) is 30.3. The summed E-state index contributed by atoms with van der Waals surface area (Å²) in [6, 6.07) is 0. The predicted octanol–water partition coefficient (Wildman–Crippen LogP) is -4.63. The van der Waals surface area contributed by atoms with Gasteiger partial charge in [-0.05, 0) is 134 Å². The van der Waals surface area contributed by atoms with Crippen molar-refractivity contribution in [3.63, 3.8) is 0 Å². The third-order valence-electron chi connectivity index (χ3n) is 19.9. The van der Waals surface area contributed by atoms with E-state index in [4.69, 9.17) is 51.6 Å². The van der Waals surface area contributed by atoms with Crippen molar-refractivity contribution in [2.75, 3.05) is 13.2 Å². The van der Waals surface area contributed by atoms with Crippen LogP contribution < -0.4 is 29.6 Å². The Hall–Kier alpha value is -0.530. The Balaban J connectivity index is 0.00000900. The van der Waals surface area contributed by atoms with E-state index in [2.05, 4.69) is 26.0 Å².